The summed E-state index contributed by atoms with van der Waals surface area (Å²) < 4.78 is 5.15. The smallest absolute Gasteiger partial charge is 0.530 e. The molecule has 102 valence electrons. The molecule has 5 N–H and O–H groups in total. The normalized spacial score (nSPS) is 10.2. The van der Waals surface area contributed by atoms with Crippen molar-refractivity contribution in [2.75, 3.05) is 0 Å². The van der Waals surface area contributed by atoms with Crippen molar-refractivity contribution in [2.45, 2.75) is 0 Å². The van der Waals surface area contributed by atoms with Crippen molar-refractivity contribution in [3.05, 3.63) is 42.5 Å². The molecule has 0 atom stereocenters. The Bertz CT molecular complexity index is 604. The van der Waals surface area contributed by atoms with Gasteiger partial charge >= 0.3 is 14.2 Å². The molecular weight excluding hydrogens is 262 g/mol. The zero-order valence-electron chi connectivity index (χ0n) is 10.3. The van der Waals surface area contributed by atoms with E-state index >= 15 is 0 Å². The molecule has 6 nitrogen and oxygen atoms in total. The van der Waals surface area contributed by atoms with Crippen molar-refractivity contribution in [1.82, 2.24) is 0 Å². The van der Waals surface area contributed by atoms with E-state index in [-0.39, 0.29) is 22.7 Å². The predicted molar refractivity (Wildman–Crippen MR) is 74.3 cm³/mol. The highest BCUT2D eigenvalue weighted by atomic mass is 16.5. The molecule has 2 aromatic carbocycles. The Hall–Kier alpha value is -2.15. The first kappa shape index (κ1) is 14.3. The summed E-state index contributed by atoms with van der Waals surface area (Å²) in [5, 5.41) is 46.9. The number of rotatable bonds is 4. The summed E-state index contributed by atoms with van der Waals surface area (Å²) in [6.07, 6.45) is 0. The van der Waals surface area contributed by atoms with E-state index in [1.807, 2.05) is 0 Å². The molecule has 2 rings (SSSR count). The summed E-state index contributed by atoms with van der Waals surface area (Å²) in [7, 11) is -3.13. The highest BCUT2D eigenvalue weighted by molar-refractivity contribution is 6.61. The first-order chi connectivity index (χ1) is 9.47. The van der Waals surface area contributed by atoms with E-state index in [0.717, 1.165) is 0 Å². The van der Waals surface area contributed by atoms with E-state index in [4.69, 9.17) is 14.7 Å². The molecule has 0 aliphatic carbocycles. The quantitative estimate of drug-likeness (QED) is 0.436. The Morgan fingerprint density at radius 2 is 1.60 bits per heavy atom. The topological polar surface area (TPSA) is 110 Å². The maximum Gasteiger partial charge on any atom is 0.560 e. The number of hydrogen-bond donors (Lipinski definition) is 5. The molecule has 0 spiro atoms. The van der Waals surface area contributed by atoms with Crippen LogP contribution in [0, 0.1) is 0 Å². The third kappa shape index (κ3) is 3.24. The average Bonchev–Trinajstić information content (AvgIpc) is 2.41. The number of hydrogen-bond acceptors (Lipinski definition) is 6. The first-order valence-corrected chi connectivity index (χ1v) is 5.80. The van der Waals surface area contributed by atoms with E-state index < -0.39 is 14.2 Å². The predicted octanol–water partition coefficient (Wildman–Crippen LogP) is -1.46. The van der Waals surface area contributed by atoms with Crippen LogP contribution < -0.4 is 15.6 Å². The lowest BCUT2D eigenvalue weighted by atomic mass is 9.78. The molecule has 0 aliphatic heterocycles. The van der Waals surface area contributed by atoms with Crippen molar-refractivity contribution in [1.29, 1.82) is 0 Å². The SMILES string of the molecule is OB(O)c1ccc(O)c(OB(O)c2cccc(O)c2)c1. The van der Waals surface area contributed by atoms with Crippen molar-refractivity contribution in [3.63, 3.8) is 0 Å². The lowest BCUT2D eigenvalue weighted by molar-refractivity contribution is 0.397. The molecule has 0 saturated heterocycles. The monoisotopic (exact) mass is 274 g/mol. The van der Waals surface area contributed by atoms with Crippen LogP contribution in [0.3, 0.4) is 0 Å². The average molecular weight is 274 g/mol. The molecule has 2 aromatic rings. The second-order valence-corrected chi connectivity index (χ2v) is 4.17. The van der Waals surface area contributed by atoms with Crippen LogP contribution in [0.4, 0.5) is 0 Å². The number of aromatic hydroxyl groups is 2. The minimum atomic E-state index is -1.71. The van der Waals surface area contributed by atoms with Gasteiger partial charge in [0.15, 0.2) is 5.75 Å². The van der Waals surface area contributed by atoms with Crippen molar-refractivity contribution in [3.8, 4) is 17.2 Å². The van der Waals surface area contributed by atoms with Crippen molar-refractivity contribution in [2.24, 2.45) is 0 Å². The van der Waals surface area contributed by atoms with Gasteiger partial charge in [-0.25, -0.2) is 0 Å². The molecule has 0 aromatic heterocycles. The molecule has 0 fully saturated rings. The Labute approximate surface area is 115 Å². The zero-order chi connectivity index (χ0) is 14.7. The minimum absolute atomic E-state index is 0.0334. The third-order valence-corrected chi connectivity index (χ3v) is 2.68. The number of phenols is 2. The summed E-state index contributed by atoms with van der Waals surface area (Å²) in [6, 6.07) is 9.55. The molecular formula is C12H12B2O6. The van der Waals surface area contributed by atoms with Gasteiger partial charge in [-0.05, 0) is 29.7 Å². The molecule has 0 bridgehead atoms. The molecule has 20 heavy (non-hydrogen) atoms. The van der Waals surface area contributed by atoms with Crippen LogP contribution in [-0.4, -0.2) is 39.5 Å². The summed E-state index contributed by atoms with van der Waals surface area (Å²) >= 11 is 0. The van der Waals surface area contributed by atoms with Crippen LogP contribution in [-0.2, 0) is 0 Å². The van der Waals surface area contributed by atoms with Crippen LogP contribution in [0.1, 0.15) is 0 Å². The zero-order valence-corrected chi connectivity index (χ0v) is 10.3. The molecule has 8 heteroatoms. The Kier molecular flexibility index (Phi) is 4.19. The summed E-state index contributed by atoms with van der Waals surface area (Å²) in [6.45, 7) is 0. The van der Waals surface area contributed by atoms with Gasteiger partial charge in [0.05, 0.1) is 0 Å². The highest BCUT2D eigenvalue weighted by Crippen LogP contribution is 2.24. The van der Waals surface area contributed by atoms with Gasteiger partial charge in [-0.2, -0.15) is 0 Å². The van der Waals surface area contributed by atoms with Gasteiger partial charge in [0.2, 0.25) is 0 Å². The number of benzene rings is 2. The fraction of sp³-hybridized carbons (Fsp3) is 0. The highest BCUT2D eigenvalue weighted by Gasteiger charge is 2.22. The van der Waals surface area contributed by atoms with Crippen LogP contribution >= 0.6 is 0 Å². The van der Waals surface area contributed by atoms with Gasteiger partial charge in [0, 0.05) is 5.46 Å². The van der Waals surface area contributed by atoms with E-state index in [1.165, 1.54) is 42.5 Å². The number of phenolic OH excluding ortho intramolecular Hbond substituents is 2. The van der Waals surface area contributed by atoms with Crippen molar-refractivity contribution < 1.29 is 29.9 Å². The van der Waals surface area contributed by atoms with Gasteiger partial charge in [0.1, 0.15) is 11.5 Å². The maximum absolute atomic E-state index is 9.88. The van der Waals surface area contributed by atoms with Crippen LogP contribution in [0.15, 0.2) is 42.5 Å². The molecule has 0 unspecified atom stereocenters. The van der Waals surface area contributed by atoms with Crippen molar-refractivity contribution >= 4 is 25.2 Å². The van der Waals surface area contributed by atoms with Gasteiger partial charge in [-0.1, -0.05) is 18.2 Å². The van der Waals surface area contributed by atoms with Crippen LogP contribution in [0.5, 0.6) is 17.2 Å². The fourth-order valence-electron chi connectivity index (χ4n) is 1.65. The minimum Gasteiger partial charge on any atom is -0.530 e. The van der Waals surface area contributed by atoms with E-state index in [2.05, 4.69) is 0 Å². The van der Waals surface area contributed by atoms with E-state index in [9.17, 15) is 15.2 Å². The second-order valence-electron chi connectivity index (χ2n) is 4.17. The molecule has 0 amide bonds. The summed E-state index contributed by atoms with van der Waals surface area (Å²) in [5.74, 6) is -0.394. The largest absolute Gasteiger partial charge is 0.560 e. The lowest BCUT2D eigenvalue weighted by Crippen LogP contribution is -2.37. The molecule has 0 radical (unpaired) electrons. The van der Waals surface area contributed by atoms with Gasteiger partial charge in [0.25, 0.3) is 0 Å². The van der Waals surface area contributed by atoms with Gasteiger partial charge in [-0.15, -0.1) is 0 Å². The van der Waals surface area contributed by atoms with Crippen LogP contribution in [0.25, 0.3) is 0 Å². The molecule has 0 aliphatic rings. The van der Waals surface area contributed by atoms with Crippen LogP contribution in [0.2, 0.25) is 0 Å². The van der Waals surface area contributed by atoms with Gasteiger partial charge in [-0.3, -0.25) is 0 Å². The fourth-order valence-corrected chi connectivity index (χ4v) is 1.65. The van der Waals surface area contributed by atoms with E-state index in [1.54, 1.807) is 0 Å². The third-order valence-electron chi connectivity index (χ3n) is 2.68. The Morgan fingerprint density at radius 1 is 0.850 bits per heavy atom. The van der Waals surface area contributed by atoms with Gasteiger partial charge < -0.3 is 29.9 Å². The standard InChI is InChI=1S/C12H12B2O6/c15-10-3-1-2-9(6-10)14(19)20-12-7-8(13(17)18)4-5-11(12)16/h1-7,15-19H. The second kappa shape index (κ2) is 5.87. The Morgan fingerprint density at radius 3 is 2.25 bits per heavy atom. The summed E-state index contributed by atoms with van der Waals surface area (Å²) in [4.78, 5) is 0. The molecule has 0 heterocycles. The lowest BCUT2D eigenvalue weighted by Gasteiger charge is -2.13. The first-order valence-electron chi connectivity index (χ1n) is 5.80. The summed E-state index contributed by atoms with van der Waals surface area (Å²) in [5.41, 5.74) is 0.403. The Balaban J connectivity index is 2.23. The maximum atomic E-state index is 9.88. The van der Waals surface area contributed by atoms with E-state index in [0.29, 0.717) is 5.46 Å². The molecule has 0 saturated carbocycles.